The van der Waals surface area contributed by atoms with Crippen LogP contribution in [-0.4, -0.2) is 0 Å². The van der Waals surface area contributed by atoms with Crippen molar-refractivity contribution in [2.45, 2.75) is 20.4 Å². The highest BCUT2D eigenvalue weighted by Gasteiger charge is 2.08. The van der Waals surface area contributed by atoms with Crippen LogP contribution in [0.5, 0.6) is 0 Å². The lowest BCUT2D eigenvalue weighted by Gasteiger charge is -2.10. The Kier molecular flexibility index (Phi) is 4.20. The van der Waals surface area contributed by atoms with Gasteiger partial charge < -0.3 is 9.73 Å². The topological polar surface area (TPSA) is 42.2 Å². The molecule has 3 nitrogen and oxygen atoms in total. The Balaban J connectivity index is 1.99. The largest absolute Gasteiger partial charge is 0.423 e. The second kappa shape index (κ2) is 6.12. The monoisotopic (exact) mass is 405 g/mol. The first-order chi connectivity index (χ1) is 10.5. The minimum Gasteiger partial charge on any atom is -0.423 e. The molecule has 0 aliphatic rings. The van der Waals surface area contributed by atoms with Crippen LogP contribution in [0.15, 0.2) is 51.7 Å². The lowest BCUT2D eigenvalue weighted by atomic mass is 10.0. The minimum absolute atomic E-state index is 0.310. The van der Waals surface area contributed by atoms with E-state index in [0.717, 1.165) is 22.2 Å². The van der Waals surface area contributed by atoms with Gasteiger partial charge in [-0.2, -0.15) is 0 Å². The zero-order chi connectivity index (χ0) is 15.7. The van der Waals surface area contributed by atoms with Crippen LogP contribution < -0.4 is 10.9 Å². The summed E-state index contributed by atoms with van der Waals surface area (Å²) in [6.45, 7) is 4.67. The predicted octanol–water partition coefficient (Wildman–Crippen LogP) is 4.63. The molecule has 1 aromatic heterocycles. The van der Waals surface area contributed by atoms with E-state index < -0.39 is 0 Å². The maximum absolute atomic E-state index is 11.8. The number of anilines is 1. The van der Waals surface area contributed by atoms with Gasteiger partial charge in [-0.15, -0.1) is 0 Å². The molecule has 0 fully saturated rings. The van der Waals surface area contributed by atoms with Crippen molar-refractivity contribution >= 4 is 39.2 Å². The predicted molar refractivity (Wildman–Crippen MR) is 98.4 cm³/mol. The lowest BCUT2D eigenvalue weighted by molar-refractivity contribution is 0.559. The molecule has 1 N–H and O–H groups in total. The SMILES string of the molecule is Cc1cc2oc(=O)cc(CNc3cccc(I)c3)c2cc1C. The van der Waals surface area contributed by atoms with Crippen LogP contribution in [0.4, 0.5) is 5.69 Å². The fourth-order valence-corrected chi connectivity index (χ4v) is 2.97. The molecule has 2 aromatic carbocycles. The van der Waals surface area contributed by atoms with Crippen molar-refractivity contribution in [3.05, 3.63) is 73.1 Å². The van der Waals surface area contributed by atoms with Crippen LogP contribution >= 0.6 is 22.6 Å². The Hall–Kier alpha value is -1.82. The van der Waals surface area contributed by atoms with Crippen LogP contribution in [0.3, 0.4) is 0 Å². The van der Waals surface area contributed by atoms with E-state index in [4.69, 9.17) is 4.42 Å². The molecule has 0 radical (unpaired) electrons. The summed E-state index contributed by atoms with van der Waals surface area (Å²) < 4.78 is 6.50. The van der Waals surface area contributed by atoms with Crippen molar-refractivity contribution < 1.29 is 4.42 Å². The van der Waals surface area contributed by atoms with E-state index >= 15 is 0 Å². The summed E-state index contributed by atoms with van der Waals surface area (Å²) in [5, 5.41) is 4.36. The van der Waals surface area contributed by atoms with Crippen LogP contribution in [0.1, 0.15) is 16.7 Å². The fraction of sp³-hybridized carbons (Fsp3) is 0.167. The van der Waals surface area contributed by atoms with Gasteiger partial charge in [-0.25, -0.2) is 4.79 Å². The number of aryl methyl sites for hydroxylation is 2. The van der Waals surface area contributed by atoms with Gasteiger partial charge in [-0.05, 0) is 83.5 Å². The number of rotatable bonds is 3. The Bertz CT molecular complexity index is 899. The molecule has 0 atom stereocenters. The van der Waals surface area contributed by atoms with Gasteiger partial charge in [0.2, 0.25) is 0 Å². The Morgan fingerprint density at radius 1 is 1.09 bits per heavy atom. The van der Waals surface area contributed by atoms with Crippen molar-refractivity contribution in [3.8, 4) is 0 Å². The lowest BCUT2D eigenvalue weighted by Crippen LogP contribution is -2.06. The minimum atomic E-state index is -0.310. The molecular formula is C18H16INO2. The molecule has 4 heteroatoms. The van der Waals surface area contributed by atoms with Gasteiger partial charge in [0.25, 0.3) is 0 Å². The van der Waals surface area contributed by atoms with E-state index in [2.05, 4.69) is 47.0 Å². The molecule has 0 aliphatic heterocycles. The molecular weight excluding hydrogens is 389 g/mol. The van der Waals surface area contributed by atoms with E-state index in [1.165, 1.54) is 9.13 Å². The average Bonchev–Trinajstić information content (AvgIpc) is 2.47. The van der Waals surface area contributed by atoms with E-state index in [1.54, 1.807) is 6.07 Å². The van der Waals surface area contributed by atoms with Gasteiger partial charge in [0.1, 0.15) is 5.58 Å². The number of hydrogen-bond donors (Lipinski definition) is 1. The third kappa shape index (κ3) is 3.16. The number of halogens is 1. The first kappa shape index (κ1) is 15.1. The molecule has 112 valence electrons. The molecule has 3 aromatic rings. The second-order valence-corrected chi connectivity index (χ2v) is 6.63. The molecule has 1 heterocycles. The molecule has 0 saturated carbocycles. The summed E-state index contributed by atoms with van der Waals surface area (Å²) >= 11 is 2.28. The van der Waals surface area contributed by atoms with Gasteiger partial charge in [-0.1, -0.05) is 6.07 Å². The highest BCUT2D eigenvalue weighted by molar-refractivity contribution is 14.1. The smallest absolute Gasteiger partial charge is 0.336 e. The van der Waals surface area contributed by atoms with Crippen LogP contribution in [0.2, 0.25) is 0 Å². The van der Waals surface area contributed by atoms with Crippen LogP contribution in [0.25, 0.3) is 11.0 Å². The number of benzene rings is 2. The van der Waals surface area contributed by atoms with Gasteiger partial charge in [0.05, 0.1) is 0 Å². The number of fused-ring (bicyclic) bond motifs is 1. The maximum atomic E-state index is 11.8. The normalized spacial score (nSPS) is 10.9. The maximum Gasteiger partial charge on any atom is 0.336 e. The molecule has 3 rings (SSSR count). The Morgan fingerprint density at radius 2 is 1.86 bits per heavy atom. The van der Waals surface area contributed by atoms with Crippen molar-refractivity contribution in [2.75, 3.05) is 5.32 Å². The van der Waals surface area contributed by atoms with Gasteiger partial charge in [0.15, 0.2) is 0 Å². The zero-order valence-electron chi connectivity index (χ0n) is 12.4. The number of hydrogen-bond acceptors (Lipinski definition) is 3. The van der Waals surface area contributed by atoms with Gasteiger partial charge >= 0.3 is 5.63 Å². The Labute approximate surface area is 142 Å². The first-order valence-corrected chi connectivity index (χ1v) is 8.14. The third-order valence-corrected chi connectivity index (χ3v) is 4.42. The molecule has 0 unspecified atom stereocenters. The number of nitrogens with one attached hydrogen (secondary N) is 1. The summed E-state index contributed by atoms with van der Waals surface area (Å²) in [6, 6.07) is 13.7. The fourth-order valence-electron chi connectivity index (χ4n) is 2.42. The second-order valence-electron chi connectivity index (χ2n) is 5.39. The Morgan fingerprint density at radius 3 is 2.64 bits per heavy atom. The third-order valence-electron chi connectivity index (χ3n) is 3.75. The summed E-state index contributed by atoms with van der Waals surface area (Å²) in [7, 11) is 0. The first-order valence-electron chi connectivity index (χ1n) is 7.06. The molecule has 0 aliphatic carbocycles. The van der Waals surface area contributed by atoms with Crippen LogP contribution in [0, 0.1) is 17.4 Å². The average molecular weight is 405 g/mol. The molecule has 22 heavy (non-hydrogen) atoms. The van der Waals surface area contributed by atoms with E-state index in [1.807, 2.05) is 31.2 Å². The van der Waals surface area contributed by atoms with Crippen LogP contribution in [-0.2, 0) is 6.54 Å². The summed E-state index contributed by atoms with van der Waals surface area (Å²) in [6.07, 6.45) is 0. The van der Waals surface area contributed by atoms with E-state index in [-0.39, 0.29) is 5.63 Å². The summed E-state index contributed by atoms with van der Waals surface area (Å²) in [4.78, 5) is 11.8. The van der Waals surface area contributed by atoms with Gasteiger partial charge in [0, 0.05) is 27.3 Å². The van der Waals surface area contributed by atoms with Gasteiger partial charge in [-0.3, -0.25) is 0 Å². The molecule has 0 amide bonds. The summed E-state index contributed by atoms with van der Waals surface area (Å²) in [5.74, 6) is 0. The quantitative estimate of drug-likeness (QED) is 0.511. The molecule has 0 spiro atoms. The van der Waals surface area contributed by atoms with Crippen molar-refractivity contribution in [2.24, 2.45) is 0 Å². The highest BCUT2D eigenvalue weighted by Crippen LogP contribution is 2.22. The van der Waals surface area contributed by atoms with Crippen molar-refractivity contribution in [1.82, 2.24) is 0 Å². The van der Waals surface area contributed by atoms with E-state index in [0.29, 0.717) is 12.1 Å². The standard InChI is InChI=1S/C18H16INO2/c1-11-6-16-13(8-18(21)22-17(16)7-12(11)2)10-20-15-5-3-4-14(19)9-15/h3-9,20H,10H2,1-2H3. The molecule has 0 saturated heterocycles. The summed E-state index contributed by atoms with van der Waals surface area (Å²) in [5.41, 5.74) is 4.64. The zero-order valence-corrected chi connectivity index (χ0v) is 14.6. The van der Waals surface area contributed by atoms with Crippen molar-refractivity contribution in [3.63, 3.8) is 0 Å². The van der Waals surface area contributed by atoms with E-state index in [9.17, 15) is 4.79 Å². The molecule has 0 bridgehead atoms. The highest BCUT2D eigenvalue weighted by atomic mass is 127. The van der Waals surface area contributed by atoms with Crippen molar-refractivity contribution in [1.29, 1.82) is 0 Å².